The van der Waals surface area contributed by atoms with Gasteiger partial charge in [-0.2, -0.15) is 4.36 Å². The fourth-order valence-electron chi connectivity index (χ4n) is 4.84. The van der Waals surface area contributed by atoms with Gasteiger partial charge in [0.15, 0.2) is 0 Å². The van der Waals surface area contributed by atoms with Crippen molar-refractivity contribution in [2.24, 2.45) is 10.3 Å². The van der Waals surface area contributed by atoms with Crippen molar-refractivity contribution in [3.05, 3.63) is 48.0 Å². The van der Waals surface area contributed by atoms with E-state index in [0.717, 1.165) is 36.8 Å². The maximum absolute atomic E-state index is 14.1. The van der Waals surface area contributed by atoms with Crippen LogP contribution in [-0.2, 0) is 14.5 Å². The minimum atomic E-state index is -2.29. The van der Waals surface area contributed by atoms with Gasteiger partial charge in [-0.25, -0.2) is 18.6 Å². The maximum Gasteiger partial charge on any atom is 0.146 e. The van der Waals surface area contributed by atoms with Crippen LogP contribution in [-0.4, -0.2) is 45.5 Å². The number of aryl methyl sites for hydroxylation is 1. The Kier molecular flexibility index (Phi) is 5.70. The summed E-state index contributed by atoms with van der Waals surface area (Å²) in [4.78, 5) is 8.82. The minimum absolute atomic E-state index is 0.00541. The number of nitrogens with zero attached hydrogens (tertiary/aromatic N) is 3. The lowest BCUT2D eigenvalue weighted by Gasteiger charge is -2.22. The van der Waals surface area contributed by atoms with Gasteiger partial charge in [-0.05, 0) is 56.0 Å². The zero-order valence-corrected chi connectivity index (χ0v) is 19.7. The first-order valence-corrected chi connectivity index (χ1v) is 13.4. The van der Waals surface area contributed by atoms with E-state index in [1.807, 2.05) is 13.0 Å². The summed E-state index contributed by atoms with van der Waals surface area (Å²) in [7, 11) is -2.29. The van der Waals surface area contributed by atoms with Crippen molar-refractivity contribution in [3.8, 4) is 5.75 Å². The van der Waals surface area contributed by atoms with E-state index < -0.39 is 9.73 Å². The van der Waals surface area contributed by atoms with Crippen LogP contribution in [0.1, 0.15) is 24.8 Å². The number of rotatable bonds is 5. The standard InChI is InChI=1S/C24H27FN4O3S/c1-14-10-16(29-33(2,3)30)12-19-23(14)24(27-13-26-19)28-18-5-4-15(25)11-22(18)32-21-7-6-20-17(21)8-9-31-20/h4-5,10-13,17,20-21H,6-9H2,1-3H3,(H,26,27,28)/t17?,20-,21+/m0/s1. The summed E-state index contributed by atoms with van der Waals surface area (Å²) in [6.07, 6.45) is 7.74. The summed E-state index contributed by atoms with van der Waals surface area (Å²) in [5.74, 6) is 1.03. The molecule has 7 nitrogen and oxygen atoms in total. The highest BCUT2D eigenvalue weighted by atomic mass is 32.2. The van der Waals surface area contributed by atoms with E-state index in [2.05, 4.69) is 19.6 Å². The van der Waals surface area contributed by atoms with Crippen molar-refractivity contribution in [1.29, 1.82) is 0 Å². The molecule has 0 amide bonds. The highest BCUT2D eigenvalue weighted by Crippen LogP contribution is 2.40. The number of aromatic nitrogens is 2. The van der Waals surface area contributed by atoms with Gasteiger partial charge in [0.2, 0.25) is 0 Å². The predicted molar refractivity (Wildman–Crippen MR) is 128 cm³/mol. The molecule has 2 aromatic carbocycles. The second-order valence-corrected chi connectivity index (χ2v) is 11.6. The number of benzene rings is 2. The Hall–Kier alpha value is -2.78. The van der Waals surface area contributed by atoms with Crippen molar-refractivity contribution in [2.75, 3.05) is 24.4 Å². The number of fused-ring (bicyclic) bond motifs is 2. The van der Waals surface area contributed by atoms with Crippen LogP contribution in [0, 0.1) is 18.7 Å². The minimum Gasteiger partial charge on any atom is -0.488 e. The van der Waals surface area contributed by atoms with E-state index >= 15 is 0 Å². The molecule has 9 heteroatoms. The molecular formula is C24H27FN4O3S. The van der Waals surface area contributed by atoms with Crippen LogP contribution in [0.25, 0.3) is 10.9 Å². The van der Waals surface area contributed by atoms with Gasteiger partial charge in [0.1, 0.15) is 29.8 Å². The average Bonchev–Trinajstić information content (AvgIpc) is 3.34. The van der Waals surface area contributed by atoms with Gasteiger partial charge in [0.25, 0.3) is 0 Å². The Balaban J connectivity index is 1.49. The molecule has 3 atom stereocenters. The molecule has 0 bridgehead atoms. The van der Waals surface area contributed by atoms with E-state index in [0.29, 0.717) is 34.4 Å². The summed E-state index contributed by atoms with van der Waals surface area (Å²) in [6, 6.07) is 8.14. The molecule has 1 unspecified atom stereocenters. The van der Waals surface area contributed by atoms with E-state index in [1.54, 1.807) is 24.6 Å². The second-order valence-electron chi connectivity index (χ2n) is 9.01. The topological polar surface area (TPSA) is 85.7 Å². The molecule has 2 aliphatic rings. The SMILES string of the molecule is Cc1cc(N=S(C)(C)=O)cc2ncnc(Nc3ccc(F)cc3O[C@@H]3CC[C@@H]4OCCC43)c12. The first kappa shape index (κ1) is 22.0. The molecule has 0 radical (unpaired) electrons. The van der Waals surface area contributed by atoms with Crippen LogP contribution >= 0.6 is 0 Å². The smallest absolute Gasteiger partial charge is 0.146 e. The van der Waals surface area contributed by atoms with Crippen molar-refractivity contribution in [1.82, 2.24) is 9.97 Å². The van der Waals surface area contributed by atoms with Gasteiger partial charge < -0.3 is 14.8 Å². The average molecular weight is 471 g/mol. The number of anilines is 2. The molecule has 1 saturated heterocycles. The molecule has 0 spiro atoms. The zero-order chi connectivity index (χ0) is 23.2. The number of ether oxygens (including phenoxy) is 2. The summed E-state index contributed by atoms with van der Waals surface area (Å²) in [6.45, 7) is 2.69. The molecule has 2 fully saturated rings. The van der Waals surface area contributed by atoms with E-state index in [-0.39, 0.29) is 18.0 Å². The fourth-order valence-corrected chi connectivity index (χ4v) is 5.45. The molecule has 2 heterocycles. The van der Waals surface area contributed by atoms with Gasteiger partial charge in [0.05, 0.1) is 23.0 Å². The Morgan fingerprint density at radius 1 is 1.18 bits per heavy atom. The zero-order valence-electron chi connectivity index (χ0n) is 18.9. The summed E-state index contributed by atoms with van der Waals surface area (Å²) < 4.78 is 42.7. The Morgan fingerprint density at radius 3 is 2.85 bits per heavy atom. The van der Waals surface area contributed by atoms with Crippen LogP contribution in [0.2, 0.25) is 0 Å². The molecule has 1 aromatic heterocycles. The second kappa shape index (κ2) is 8.53. The molecular weight excluding hydrogens is 443 g/mol. The lowest BCUT2D eigenvalue weighted by molar-refractivity contribution is 0.0894. The molecule has 3 aromatic rings. The predicted octanol–water partition coefficient (Wildman–Crippen LogP) is 5.13. The monoisotopic (exact) mass is 470 g/mol. The number of halogens is 1. The first-order chi connectivity index (χ1) is 15.8. The fraction of sp³-hybridized carbons (Fsp3) is 0.417. The molecule has 174 valence electrons. The third-order valence-corrected chi connectivity index (χ3v) is 6.84. The van der Waals surface area contributed by atoms with Crippen LogP contribution in [0.5, 0.6) is 5.75 Å². The summed E-state index contributed by atoms with van der Waals surface area (Å²) >= 11 is 0. The van der Waals surface area contributed by atoms with Crippen molar-refractivity contribution < 1.29 is 18.1 Å². The van der Waals surface area contributed by atoms with Gasteiger partial charge in [-0.1, -0.05) is 0 Å². The molecule has 1 N–H and O–H groups in total. The molecule has 1 saturated carbocycles. The lowest BCUT2D eigenvalue weighted by Crippen LogP contribution is -2.24. The Bertz CT molecular complexity index is 1330. The first-order valence-electron chi connectivity index (χ1n) is 11.0. The van der Waals surface area contributed by atoms with Gasteiger partial charge in [0, 0.05) is 46.2 Å². The summed E-state index contributed by atoms with van der Waals surface area (Å²) in [5, 5.41) is 4.14. The lowest BCUT2D eigenvalue weighted by atomic mass is 10.0. The summed E-state index contributed by atoms with van der Waals surface area (Å²) in [5.41, 5.74) is 2.82. The number of hydrogen-bond donors (Lipinski definition) is 1. The molecule has 33 heavy (non-hydrogen) atoms. The molecule has 5 rings (SSSR count). The van der Waals surface area contributed by atoms with Crippen molar-refractivity contribution in [3.63, 3.8) is 0 Å². The van der Waals surface area contributed by atoms with Gasteiger partial charge in [-0.15, -0.1) is 0 Å². The largest absolute Gasteiger partial charge is 0.488 e. The van der Waals surface area contributed by atoms with Crippen molar-refractivity contribution >= 4 is 37.8 Å². The highest BCUT2D eigenvalue weighted by molar-refractivity contribution is 7.92. The van der Waals surface area contributed by atoms with Gasteiger partial charge >= 0.3 is 0 Å². The van der Waals surface area contributed by atoms with Crippen molar-refractivity contribution in [2.45, 2.75) is 38.4 Å². The van der Waals surface area contributed by atoms with Gasteiger partial charge in [-0.3, -0.25) is 0 Å². The Morgan fingerprint density at radius 2 is 2.03 bits per heavy atom. The van der Waals surface area contributed by atoms with Crippen LogP contribution in [0.3, 0.4) is 0 Å². The van der Waals surface area contributed by atoms with E-state index in [1.165, 1.54) is 18.5 Å². The third kappa shape index (κ3) is 4.65. The highest BCUT2D eigenvalue weighted by Gasteiger charge is 2.42. The number of nitrogens with one attached hydrogen (secondary N) is 1. The maximum atomic E-state index is 14.1. The van der Waals surface area contributed by atoms with Crippen LogP contribution in [0.4, 0.5) is 21.6 Å². The van der Waals surface area contributed by atoms with Crippen LogP contribution < -0.4 is 10.1 Å². The third-order valence-electron chi connectivity index (χ3n) is 6.19. The van der Waals surface area contributed by atoms with E-state index in [9.17, 15) is 8.60 Å². The van der Waals surface area contributed by atoms with E-state index in [4.69, 9.17) is 9.47 Å². The quantitative estimate of drug-likeness (QED) is 0.557. The number of hydrogen-bond acceptors (Lipinski definition) is 7. The normalized spacial score (nSPS) is 22.4. The Labute approximate surface area is 192 Å². The van der Waals surface area contributed by atoms with Crippen LogP contribution in [0.15, 0.2) is 41.0 Å². The molecule has 1 aliphatic heterocycles. The molecule has 1 aliphatic carbocycles.